The predicted octanol–water partition coefficient (Wildman–Crippen LogP) is 6.46. The van der Waals surface area contributed by atoms with Crippen LogP contribution >= 0.6 is 11.6 Å². The van der Waals surface area contributed by atoms with Crippen molar-refractivity contribution in [3.63, 3.8) is 0 Å². The molecule has 3 heterocycles. The number of hydrazine groups is 2. The first-order valence-corrected chi connectivity index (χ1v) is 14.2. The normalized spacial score (nSPS) is 14.7. The molecule has 2 aromatic heterocycles. The minimum absolute atomic E-state index is 0.248. The number of rotatable bonds is 10. The molecule has 216 valence electrons. The average Bonchev–Trinajstić information content (AvgIpc) is 3.50. The molecule has 0 bridgehead atoms. The van der Waals surface area contributed by atoms with E-state index in [1.807, 2.05) is 85.9 Å². The second-order valence-electron chi connectivity index (χ2n) is 11.0. The maximum absolute atomic E-state index is 10.1. The quantitative estimate of drug-likeness (QED) is 0.167. The first-order valence-electron chi connectivity index (χ1n) is 13.8. The number of nitrogens with one attached hydrogen (secondary N) is 4. The van der Waals surface area contributed by atoms with Crippen LogP contribution in [-0.4, -0.2) is 33.7 Å². The van der Waals surface area contributed by atoms with Gasteiger partial charge in [0.1, 0.15) is 6.07 Å². The summed E-state index contributed by atoms with van der Waals surface area (Å²) in [6.45, 7) is 8.24. The third-order valence-corrected chi connectivity index (χ3v) is 7.78. The fourth-order valence-electron chi connectivity index (χ4n) is 4.97. The Morgan fingerprint density at radius 1 is 1.05 bits per heavy atom. The predicted molar refractivity (Wildman–Crippen MR) is 167 cm³/mol. The SMILES string of the molecule is COC(C)(C)[C@@H](Nc1c(C#N)cnc2c(Cl)cc(N[C@H](C3=CN(C(C)C)NN3)c3cccnc3)cc12)c1ccccc1. The molecule has 42 heavy (non-hydrogen) atoms. The van der Waals surface area contributed by atoms with Crippen LogP contribution in [0.1, 0.15) is 56.5 Å². The fourth-order valence-corrected chi connectivity index (χ4v) is 5.24. The van der Waals surface area contributed by atoms with Crippen molar-refractivity contribution in [2.75, 3.05) is 17.7 Å². The van der Waals surface area contributed by atoms with E-state index in [0.717, 1.165) is 27.9 Å². The monoisotopic (exact) mass is 582 g/mol. The van der Waals surface area contributed by atoms with Crippen LogP contribution in [0, 0.1) is 11.3 Å². The molecular weight excluding hydrogens is 548 g/mol. The lowest BCUT2D eigenvalue weighted by Crippen LogP contribution is -2.41. The lowest BCUT2D eigenvalue weighted by Gasteiger charge is -2.35. The number of ether oxygens (including phenoxy) is 1. The van der Waals surface area contributed by atoms with Gasteiger partial charge in [-0.3, -0.25) is 15.0 Å². The molecule has 2 aromatic carbocycles. The lowest BCUT2D eigenvalue weighted by molar-refractivity contribution is 0.00568. The van der Waals surface area contributed by atoms with Gasteiger partial charge in [0.25, 0.3) is 0 Å². The summed E-state index contributed by atoms with van der Waals surface area (Å²) in [6, 6.07) is 19.8. The molecule has 0 fully saturated rings. The number of nitriles is 1. The van der Waals surface area contributed by atoms with Crippen LogP contribution in [0.5, 0.6) is 0 Å². The van der Waals surface area contributed by atoms with E-state index < -0.39 is 5.60 Å². The Hall–Kier alpha value is -4.36. The highest BCUT2D eigenvalue weighted by molar-refractivity contribution is 6.35. The van der Waals surface area contributed by atoms with E-state index in [1.54, 1.807) is 19.5 Å². The molecule has 0 spiro atoms. The van der Waals surface area contributed by atoms with E-state index in [9.17, 15) is 5.26 Å². The average molecular weight is 583 g/mol. The van der Waals surface area contributed by atoms with E-state index in [0.29, 0.717) is 21.8 Å². The van der Waals surface area contributed by atoms with Gasteiger partial charge in [0, 0.05) is 49.0 Å². The van der Waals surface area contributed by atoms with Crippen molar-refractivity contribution < 1.29 is 4.74 Å². The highest BCUT2D eigenvalue weighted by Crippen LogP contribution is 2.39. The first-order chi connectivity index (χ1) is 20.2. The Kier molecular flexibility index (Phi) is 8.50. The topological polar surface area (TPSA) is 110 Å². The lowest BCUT2D eigenvalue weighted by atomic mass is 9.90. The molecule has 4 N–H and O–H groups in total. The third-order valence-electron chi connectivity index (χ3n) is 7.49. The van der Waals surface area contributed by atoms with E-state index >= 15 is 0 Å². The summed E-state index contributed by atoms with van der Waals surface area (Å²) in [5, 5.41) is 20.6. The molecule has 0 aliphatic carbocycles. The van der Waals surface area contributed by atoms with Gasteiger partial charge >= 0.3 is 0 Å². The van der Waals surface area contributed by atoms with Crippen LogP contribution in [0.25, 0.3) is 10.9 Å². The highest BCUT2D eigenvalue weighted by Gasteiger charge is 2.32. The van der Waals surface area contributed by atoms with Gasteiger partial charge in [-0.25, -0.2) is 0 Å². The van der Waals surface area contributed by atoms with Crippen LogP contribution in [0.15, 0.2) is 85.1 Å². The van der Waals surface area contributed by atoms with Gasteiger partial charge in [-0.15, -0.1) is 5.53 Å². The smallest absolute Gasteiger partial charge is 0.103 e. The molecule has 1 aliphatic rings. The zero-order chi connectivity index (χ0) is 29.9. The molecule has 2 atom stereocenters. The number of benzene rings is 2. The number of fused-ring (bicyclic) bond motifs is 1. The Morgan fingerprint density at radius 3 is 2.45 bits per heavy atom. The fraction of sp³-hybridized carbons (Fsp3) is 0.281. The Bertz CT molecular complexity index is 1620. The standard InChI is InChI=1S/C32H35ClN8O/c1-20(2)41-19-27(39-40-41)29(22-12-9-13-35-17-22)37-24-14-25-28(23(16-34)18-36-30(25)26(33)15-24)38-31(32(3,4)42-5)21-10-7-6-8-11-21/h6-15,17-20,29,31,37,39-40H,1-5H3,(H,36,38)/t29-,31-/m0/s1. The van der Waals surface area contributed by atoms with Crippen LogP contribution in [0.4, 0.5) is 11.4 Å². The van der Waals surface area contributed by atoms with Crippen molar-refractivity contribution >= 4 is 33.9 Å². The van der Waals surface area contributed by atoms with E-state index in [1.165, 1.54) is 0 Å². The number of hydrogen-bond acceptors (Lipinski definition) is 9. The highest BCUT2D eigenvalue weighted by atomic mass is 35.5. The van der Waals surface area contributed by atoms with Gasteiger partial charge < -0.3 is 20.8 Å². The molecule has 0 saturated carbocycles. The minimum Gasteiger partial charge on any atom is -0.376 e. The van der Waals surface area contributed by atoms with Crippen molar-refractivity contribution in [2.45, 2.75) is 51.4 Å². The molecule has 1 aliphatic heterocycles. The number of halogens is 1. The zero-order valence-electron chi connectivity index (χ0n) is 24.3. The number of pyridine rings is 2. The number of hydrogen-bond donors (Lipinski definition) is 4. The molecule has 9 nitrogen and oxygen atoms in total. The molecule has 0 radical (unpaired) electrons. The summed E-state index contributed by atoms with van der Waals surface area (Å²) < 4.78 is 5.92. The van der Waals surface area contributed by atoms with Gasteiger partial charge in [0.05, 0.1) is 45.2 Å². The maximum Gasteiger partial charge on any atom is 0.103 e. The Labute approximate surface area is 251 Å². The number of anilines is 2. The van der Waals surface area contributed by atoms with Crippen molar-refractivity contribution in [1.29, 1.82) is 5.26 Å². The summed E-state index contributed by atoms with van der Waals surface area (Å²) in [4.78, 5) is 8.90. The molecular formula is C32H35ClN8O. The zero-order valence-corrected chi connectivity index (χ0v) is 25.1. The molecule has 4 aromatic rings. The van der Waals surface area contributed by atoms with Crippen LogP contribution < -0.4 is 21.6 Å². The maximum atomic E-state index is 10.1. The third kappa shape index (κ3) is 5.97. The molecule has 0 saturated heterocycles. The van der Waals surface area contributed by atoms with Crippen molar-refractivity contribution in [3.05, 3.63) is 107 Å². The van der Waals surface area contributed by atoms with Crippen LogP contribution in [0.3, 0.4) is 0 Å². The second kappa shape index (κ2) is 12.2. The number of aromatic nitrogens is 2. The summed E-state index contributed by atoms with van der Waals surface area (Å²) in [7, 11) is 1.69. The van der Waals surface area contributed by atoms with Gasteiger partial charge in [0.15, 0.2) is 0 Å². The molecule has 5 rings (SSSR count). The number of methoxy groups -OCH3 is 1. The Balaban J connectivity index is 1.61. The summed E-state index contributed by atoms with van der Waals surface area (Å²) >= 11 is 6.85. The van der Waals surface area contributed by atoms with Crippen molar-refractivity contribution in [3.8, 4) is 6.07 Å². The second-order valence-corrected chi connectivity index (χ2v) is 11.4. The summed E-state index contributed by atoms with van der Waals surface area (Å²) in [5.41, 5.74) is 11.2. The van der Waals surface area contributed by atoms with Gasteiger partial charge in [-0.1, -0.05) is 48.0 Å². The Morgan fingerprint density at radius 2 is 1.81 bits per heavy atom. The van der Waals surface area contributed by atoms with Crippen molar-refractivity contribution in [1.82, 2.24) is 25.9 Å². The number of nitrogens with zero attached hydrogens (tertiary/aromatic N) is 4. The van der Waals surface area contributed by atoms with Crippen LogP contribution in [0.2, 0.25) is 5.02 Å². The molecule has 0 unspecified atom stereocenters. The van der Waals surface area contributed by atoms with Gasteiger partial charge in [-0.2, -0.15) is 5.26 Å². The minimum atomic E-state index is -0.607. The summed E-state index contributed by atoms with van der Waals surface area (Å²) in [6.07, 6.45) is 7.18. The molecule has 0 amide bonds. The van der Waals surface area contributed by atoms with E-state index in [-0.39, 0.29) is 18.1 Å². The van der Waals surface area contributed by atoms with Gasteiger partial charge in [0.2, 0.25) is 0 Å². The van der Waals surface area contributed by atoms with Gasteiger partial charge in [-0.05, 0) is 57.0 Å². The first kappa shape index (κ1) is 29.1. The van der Waals surface area contributed by atoms with Crippen molar-refractivity contribution in [2.24, 2.45) is 0 Å². The summed E-state index contributed by atoms with van der Waals surface area (Å²) in [5.74, 6) is 0. The van der Waals surface area contributed by atoms with E-state index in [4.69, 9.17) is 16.3 Å². The van der Waals surface area contributed by atoms with Crippen LogP contribution in [-0.2, 0) is 4.74 Å². The molecule has 10 heteroatoms. The van der Waals surface area contributed by atoms with E-state index in [2.05, 4.69) is 51.5 Å². The largest absolute Gasteiger partial charge is 0.376 e.